The van der Waals surface area contributed by atoms with Gasteiger partial charge < -0.3 is 24.4 Å². The van der Waals surface area contributed by atoms with Crippen molar-refractivity contribution in [3.8, 4) is 17.0 Å². The number of hydrogen-bond donors (Lipinski definition) is 1. The number of ether oxygens (including phenoxy) is 3. The third-order valence-corrected chi connectivity index (χ3v) is 7.47. The lowest BCUT2D eigenvalue weighted by molar-refractivity contribution is -0.141. The molecule has 2 fully saturated rings. The Bertz CT molecular complexity index is 1490. The van der Waals surface area contributed by atoms with Crippen LogP contribution in [0.25, 0.3) is 11.3 Å². The van der Waals surface area contributed by atoms with Gasteiger partial charge in [0.25, 0.3) is 0 Å². The van der Waals surface area contributed by atoms with E-state index in [-0.39, 0.29) is 35.0 Å². The van der Waals surface area contributed by atoms with E-state index in [2.05, 4.69) is 20.2 Å². The summed E-state index contributed by atoms with van der Waals surface area (Å²) in [6.45, 7) is 5.60. The number of nitrogens with zero attached hydrogens (tertiary/aromatic N) is 4. The van der Waals surface area contributed by atoms with Crippen molar-refractivity contribution in [1.29, 1.82) is 0 Å². The Balaban J connectivity index is 1.25. The van der Waals surface area contributed by atoms with Gasteiger partial charge in [-0.2, -0.15) is 13.2 Å². The van der Waals surface area contributed by atoms with Gasteiger partial charge in [-0.3, -0.25) is 9.88 Å². The van der Waals surface area contributed by atoms with E-state index in [1.807, 2.05) is 13.8 Å². The number of halogens is 4. The topological polar surface area (TPSA) is 89.1 Å². The Morgan fingerprint density at radius 1 is 1.24 bits per heavy atom. The van der Waals surface area contributed by atoms with Gasteiger partial charge >= 0.3 is 12.2 Å². The summed E-state index contributed by atoms with van der Waals surface area (Å²) in [6, 6.07) is 7.50. The molecule has 2 aromatic heterocycles. The predicted molar refractivity (Wildman–Crippen MR) is 146 cm³/mol. The summed E-state index contributed by atoms with van der Waals surface area (Å²) >= 11 is 6.54. The van der Waals surface area contributed by atoms with Crippen LogP contribution in [0.3, 0.4) is 0 Å². The number of rotatable bonds is 5. The van der Waals surface area contributed by atoms with Crippen molar-refractivity contribution >= 4 is 34.8 Å². The van der Waals surface area contributed by atoms with Gasteiger partial charge in [0.15, 0.2) is 11.6 Å². The van der Waals surface area contributed by atoms with Gasteiger partial charge in [0, 0.05) is 24.7 Å². The number of pyridine rings is 2. The Morgan fingerprint density at radius 2 is 2.07 bits per heavy atom. The number of amides is 2. The number of fused-ring (bicyclic) bond motifs is 4. The van der Waals surface area contributed by atoms with Crippen molar-refractivity contribution in [3.05, 3.63) is 59.4 Å². The van der Waals surface area contributed by atoms with Crippen LogP contribution in [-0.2, 0) is 15.7 Å². The van der Waals surface area contributed by atoms with Crippen LogP contribution >= 0.6 is 11.6 Å². The minimum absolute atomic E-state index is 0.162. The van der Waals surface area contributed by atoms with Gasteiger partial charge in [-0.25, -0.2) is 9.78 Å². The smallest absolute Gasteiger partial charge is 0.416 e. The molecule has 216 valence electrons. The second-order valence-corrected chi connectivity index (χ2v) is 11.0. The zero-order chi connectivity index (χ0) is 28.9. The van der Waals surface area contributed by atoms with E-state index < -0.39 is 23.6 Å². The highest BCUT2D eigenvalue weighted by Crippen LogP contribution is 2.44. The molecular formula is C28H27ClF3N5O4. The van der Waals surface area contributed by atoms with Crippen molar-refractivity contribution in [3.63, 3.8) is 0 Å². The highest BCUT2D eigenvalue weighted by molar-refractivity contribution is 6.33. The Labute approximate surface area is 239 Å². The van der Waals surface area contributed by atoms with E-state index in [1.165, 1.54) is 24.5 Å². The van der Waals surface area contributed by atoms with Crippen molar-refractivity contribution < 1.29 is 32.2 Å². The van der Waals surface area contributed by atoms with Gasteiger partial charge in [0.1, 0.15) is 18.5 Å². The normalized spacial score (nSPS) is 21.1. The molecule has 2 saturated heterocycles. The highest BCUT2D eigenvalue weighted by Gasteiger charge is 2.41. The fraction of sp³-hybridized carbons (Fsp3) is 0.393. The molecule has 6 rings (SSSR count). The van der Waals surface area contributed by atoms with E-state index in [4.69, 9.17) is 25.8 Å². The molecule has 3 aromatic rings. The van der Waals surface area contributed by atoms with E-state index >= 15 is 0 Å². The summed E-state index contributed by atoms with van der Waals surface area (Å²) in [5.41, 5.74) is 0.608. The van der Waals surface area contributed by atoms with Crippen LogP contribution in [0.1, 0.15) is 25.8 Å². The summed E-state index contributed by atoms with van der Waals surface area (Å²) in [6.07, 6.45) is -1.03. The van der Waals surface area contributed by atoms with E-state index in [0.717, 1.165) is 12.1 Å². The first-order valence-electron chi connectivity index (χ1n) is 13.1. The van der Waals surface area contributed by atoms with Crippen LogP contribution in [0.2, 0.25) is 5.02 Å². The fourth-order valence-electron chi connectivity index (χ4n) is 5.32. The maximum absolute atomic E-state index is 13.7. The van der Waals surface area contributed by atoms with Crippen LogP contribution in [0.15, 0.2) is 48.8 Å². The molecule has 0 saturated carbocycles. The van der Waals surface area contributed by atoms with Crippen molar-refractivity contribution in [2.24, 2.45) is 0 Å². The highest BCUT2D eigenvalue weighted by atomic mass is 35.5. The zero-order valence-corrected chi connectivity index (χ0v) is 23.0. The maximum atomic E-state index is 13.7. The molecule has 2 amide bonds. The number of urea groups is 1. The van der Waals surface area contributed by atoms with E-state index in [0.29, 0.717) is 49.1 Å². The number of carbonyl (C=O) groups excluding carboxylic acids is 1. The largest absolute Gasteiger partial charge is 0.489 e. The molecule has 2 atom stereocenters. The molecule has 9 nitrogen and oxygen atoms in total. The molecule has 3 aliphatic rings. The average Bonchev–Trinajstić information content (AvgIpc) is 3.50. The number of anilines is 3. The lowest BCUT2D eigenvalue weighted by atomic mass is 10.1. The SMILES string of the molecule is CC1(C)OCC(COc2cncc(NC(=O)N3c4nc(-c5cccc(C(F)(F)F)c5)c(Cl)cc4N4CC[C@H]3C4)c2)O1. The summed E-state index contributed by atoms with van der Waals surface area (Å²) < 4.78 is 57.3. The summed E-state index contributed by atoms with van der Waals surface area (Å²) in [5, 5.41) is 3.07. The molecule has 0 spiro atoms. The molecule has 0 radical (unpaired) electrons. The quantitative estimate of drug-likeness (QED) is 0.392. The van der Waals surface area contributed by atoms with E-state index in [9.17, 15) is 18.0 Å². The Kier molecular flexibility index (Phi) is 6.95. The monoisotopic (exact) mass is 589 g/mol. The van der Waals surface area contributed by atoms with Crippen molar-refractivity contribution in [1.82, 2.24) is 9.97 Å². The fourth-order valence-corrected chi connectivity index (χ4v) is 5.57. The second-order valence-electron chi connectivity index (χ2n) is 10.6. The van der Waals surface area contributed by atoms with Gasteiger partial charge in [0.05, 0.1) is 52.7 Å². The molecule has 41 heavy (non-hydrogen) atoms. The molecular weight excluding hydrogens is 563 g/mol. The average molecular weight is 590 g/mol. The van der Waals surface area contributed by atoms with Crippen LogP contribution < -0.4 is 19.9 Å². The van der Waals surface area contributed by atoms with Gasteiger partial charge in [-0.15, -0.1) is 0 Å². The van der Waals surface area contributed by atoms with Crippen LogP contribution in [0, 0.1) is 0 Å². The molecule has 0 aliphatic carbocycles. The third kappa shape index (κ3) is 5.64. The molecule has 1 N–H and O–H groups in total. The lowest BCUT2D eigenvalue weighted by Gasteiger charge is -2.36. The molecule has 3 aliphatic heterocycles. The van der Waals surface area contributed by atoms with Gasteiger partial charge in [-0.1, -0.05) is 23.7 Å². The molecule has 2 bridgehead atoms. The number of nitrogens with one attached hydrogen (secondary N) is 1. The Hall–Kier alpha value is -3.61. The first kappa shape index (κ1) is 27.6. The second kappa shape index (κ2) is 10.3. The summed E-state index contributed by atoms with van der Waals surface area (Å²) in [5.74, 6) is 0.107. The summed E-state index contributed by atoms with van der Waals surface area (Å²) in [4.78, 5) is 26.1. The maximum Gasteiger partial charge on any atom is 0.416 e. The third-order valence-electron chi connectivity index (χ3n) is 7.18. The van der Waals surface area contributed by atoms with Gasteiger partial charge in [-0.05, 0) is 38.5 Å². The first-order valence-corrected chi connectivity index (χ1v) is 13.5. The van der Waals surface area contributed by atoms with Crippen molar-refractivity contribution in [2.45, 2.75) is 44.4 Å². The number of carbonyl (C=O) groups is 1. The van der Waals surface area contributed by atoms with Gasteiger partial charge in [0.2, 0.25) is 0 Å². The van der Waals surface area contributed by atoms with E-state index in [1.54, 1.807) is 17.0 Å². The van der Waals surface area contributed by atoms with Crippen LogP contribution in [0.4, 0.5) is 35.2 Å². The molecule has 1 unspecified atom stereocenters. The summed E-state index contributed by atoms with van der Waals surface area (Å²) in [7, 11) is 0. The van der Waals surface area contributed by atoms with Crippen LogP contribution in [-0.4, -0.2) is 60.2 Å². The van der Waals surface area contributed by atoms with Crippen LogP contribution in [0.5, 0.6) is 5.75 Å². The zero-order valence-electron chi connectivity index (χ0n) is 22.2. The predicted octanol–water partition coefficient (Wildman–Crippen LogP) is 5.98. The minimum atomic E-state index is -4.52. The number of hydrogen-bond acceptors (Lipinski definition) is 7. The molecule has 1 aromatic carbocycles. The Morgan fingerprint density at radius 3 is 2.83 bits per heavy atom. The molecule has 13 heteroatoms. The first-order chi connectivity index (χ1) is 19.5. The number of benzene rings is 1. The minimum Gasteiger partial charge on any atom is -0.489 e. The number of alkyl halides is 3. The molecule has 5 heterocycles. The standard InChI is InChI=1S/C28H27ClF3N5O4/c1-27(2)40-15-21(41-27)14-39-20-9-18(11-33-12-20)34-26(38)37-19-6-7-36(13-19)23-10-22(29)24(35-25(23)37)16-4-3-5-17(8-16)28(30,31)32/h3-5,8-12,19,21H,6-7,13-15H2,1-2H3,(H,34,38)/t19-,21?/m0/s1. The lowest BCUT2D eigenvalue weighted by Crippen LogP contribution is -2.48. The van der Waals surface area contributed by atoms with Crippen molar-refractivity contribution in [2.75, 3.05) is 41.4 Å². The number of aromatic nitrogens is 2.